The van der Waals surface area contributed by atoms with Crippen LogP contribution in [-0.4, -0.2) is 43.4 Å². The van der Waals surface area contributed by atoms with Gasteiger partial charge in [0.1, 0.15) is 23.1 Å². The van der Waals surface area contributed by atoms with E-state index in [-0.39, 0.29) is 17.6 Å². The standard InChI is InChI=1S/C27H26FN5O2/c1-19-29-12-15-33(19)18-20-4-2-5-22(16-20)27(34)32-13-8-21(9-14-32)25-26(31-11-10-30-25)35-24-7-3-6-23(28)17-24/h2-7,10-12,15-17,21H,8-9,13-14,18H2,1H3. The van der Waals surface area contributed by atoms with Gasteiger partial charge in [-0.3, -0.25) is 9.78 Å². The van der Waals surface area contributed by atoms with Crippen LogP contribution in [0.15, 0.2) is 73.3 Å². The van der Waals surface area contributed by atoms with E-state index in [9.17, 15) is 9.18 Å². The van der Waals surface area contributed by atoms with E-state index in [4.69, 9.17) is 4.74 Å². The zero-order valence-corrected chi connectivity index (χ0v) is 19.5. The van der Waals surface area contributed by atoms with Gasteiger partial charge in [0.2, 0.25) is 5.88 Å². The van der Waals surface area contributed by atoms with Gasteiger partial charge in [0, 0.05) is 62.0 Å². The molecular weight excluding hydrogens is 445 g/mol. The zero-order chi connectivity index (χ0) is 24.2. The molecule has 0 unspecified atom stereocenters. The Kier molecular flexibility index (Phi) is 6.52. The van der Waals surface area contributed by atoms with Crippen LogP contribution in [0, 0.1) is 12.7 Å². The molecule has 0 spiro atoms. The third-order valence-electron chi connectivity index (χ3n) is 6.32. The molecule has 1 aliphatic heterocycles. The fourth-order valence-corrected chi connectivity index (χ4v) is 4.45. The average Bonchev–Trinajstić information content (AvgIpc) is 3.28. The summed E-state index contributed by atoms with van der Waals surface area (Å²) in [5.41, 5.74) is 2.49. The molecule has 0 aliphatic carbocycles. The van der Waals surface area contributed by atoms with Gasteiger partial charge in [-0.1, -0.05) is 18.2 Å². The number of nitrogens with zero attached hydrogens (tertiary/aromatic N) is 5. The lowest BCUT2D eigenvalue weighted by Crippen LogP contribution is -2.38. The third kappa shape index (κ3) is 5.21. The Hall–Kier alpha value is -4.07. The second-order valence-corrected chi connectivity index (χ2v) is 8.68. The van der Waals surface area contributed by atoms with E-state index >= 15 is 0 Å². The number of hydrogen-bond acceptors (Lipinski definition) is 5. The van der Waals surface area contributed by atoms with E-state index < -0.39 is 0 Å². The van der Waals surface area contributed by atoms with Crippen molar-refractivity contribution in [2.75, 3.05) is 13.1 Å². The fourth-order valence-electron chi connectivity index (χ4n) is 4.45. The quantitative estimate of drug-likeness (QED) is 0.397. The Labute approximate surface area is 203 Å². The molecule has 2 aromatic heterocycles. The second kappa shape index (κ2) is 10.0. The molecule has 0 atom stereocenters. The summed E-state index contributed by atoms with van der Waals surface area (Å²) in [6.07, 6.45) is 8.41. The molecule has 4 aromatic rings. The highest BCUT2D eigenvalue weighted by Crippen LogP contribution is 2.34. The number of halogens is 1. The number of benzene rings is 2. The number of amides is 1. The Morgan fingerprint density at radius 2 is 1.83 bits per heavy atom. The molecule has 35 heavy (non-hydrogen) atoms. The van der Waals surface area contributed by atoms with E-state index in [1.165, 1.54) is 12.1 Å². The smallest absolute Gasteiger partial charge is 0.253 e. The van der Waals surface area contributed by atoms with E-state index in [1.807, 2.05) is 42.3 Å². The predicted octanol–water partition coefficient (Wildman–Crippen LogP) is 4.98. The fraction of sp³-hybridized carbons (Fsp3) is 0.259. The summed E-state index contributed by atoms with van der Waals surface area (Å²) in [6, 6.07) is 13.7. The molecule has 8 heteroatoms. The molecule has 3 heterocycles. The maximum atomic E-state index is 13.6. The summed E-state index contributed by atoms with van der Waals surface area (Å²) in [5.74, 6) is 1.46. The lowest BCUT2D eigenvalue weighted by atomic mass is 9.93. The molecule has 7 nitrogen and oxygen atoms in total. The van der Waals surface area contributed by atoms with Crippen LogP contribution in [0.1, 0.15) is 46.2 Å². The van der Waals surface area contributed by atoms with Crippen LogP contribution in [0.4, 0.5) is 4.39 Å². The van der Waals surface area contributed by atoms with Crippen molar-refractivity contribution in [3.05, 3.63) is 102 Å². The number of rotatable bonds is 6. The summed E-state index contributed by atoms with van der Waals surface area (Å²) in [6.45, 7) is 3.87. The molecule has 0 bridgehead atoms. The molecular formula is C27H26FN5O2. The van der Waals surface area contributed by atoms with Gasteiger partial charge in [0.25, 0.3) is 5.91 Å². The first kappa shape index (κ1) is 22.7. The SMILES string of the molecule is Cc1nccn1Cc1cccc(C(=O)N2CCC(c3nccnc3Oc3cccc(F)c3)CC2)c1. The van der Waals surface area contributed by atoms with Crippen LogP contribution < -0.4 is 4.74 Å². The van der Waals surface area contributed by atoms with Crippen LogP contribution in [0.3, 0.4) is 0 Å². The molecule has 1 fully saturated rings. The van der Waals surface area contributed by atoms with Gasteiger partial charge in [-0.05, 0) is 49.6 Å². The predicted molar refractivity (Wildman–Crippen MR) is 129 cm³/mol. The molecule has 0 N–H and O–H groups in total. The number of likely N-dealkylation sites (tertiary alicyclic amines) is 1. The first-order valence-electron chi connectivity index (χ1n) is 11.7. The minimum absolute atomic E-state index is 0.0306. The molecule has 0 saturated carbocycles. The lowest BCUT2D eigenvalue weighted by Gasteiger charge is -2.32. The highest BCUT2D eigenvalue weighted by atomic mass is 19.1. The van der Waals surface area contributed by atoms with Crippen LogP contribution >= 0.6 is 0 Å². The Morgan fingerprint density at radius 3 is 2.60 bits per heavy atom. The molecule has 178 valence electrons. The van der Waals surface area contributed by atoms with Gasteiger partial charge in [-0.25, -0.2) is 14.4 Å². The summed E-state index contributed by atoms with van der Waals surface area (Å²) in [4.78, 5) is 28.2. The highest BCUT2D eigenvalue weighted by molar-refractivity contribution is 5.94. The lowest BCUT2D eigenvalue weighted by molar-refractivity contribution is 0.0711. The number of carbonyl (C=O) groups excluding carboxylic acids is 1. The first-order valence-corrected chi connectivity index (χ1v) is 11.7. The number of hydrogen-bond donors (Lipinski definition) is 0. The monoisotopic (exact) mass is 471 g/mol. The van der Waals surface area contributed by atoms with Crippen molar-refractivity contribution in [1.82, 2.24) is 24.4 Å². The number of imidazole rings is 1. The van der Waals surface area contributed by atoms with E-state index in [2.05, 4.69) is 19.5 Å². The number of ether oxygens (including phenoxy) is 1. The van der Waals surface area contributed by atoms with Gasteiger partial charge >= 0.3 is 0 Å². The molecule has 0 radical (unpaired) electrons. The minimum Gasteiger partial charge on any atom is -0.437 e. The molecule has 1 amide bonds. The minimum atomic E-state index is -0.371. The van der Waals surface area contributed by atoms with Crippen molar-refractivity contribution in [1.29, 1.82) is 0 Å². The molecule has 2 aromatic carbocycles. The first-order chi connectivity index (χ1) is 17.1. The van der Waals surface area contributed by atoms with E-state index in [0.29, 0.717) is 36.8 Å². The van der Waals surface area contributed by atoms with Gasteiger partial charge in [-0.15, -0.1) is 0 Å². The van der Waals surface area contributed by atoms with Crippen molar-refractivity contribution in [2.24, 2.45) is 0 Å². The van der Waals surface area contributed by atoms with Crippen LogP contribution in [0.2, 0.25) is 0 Å². The number of carbonyl (C=O) groups is 1. The topological polar surface area (TPSA) is 73.1 Å². The van der Waals surface area contributed by atoms with Gasteiger partial charge in [0.15, 0.2) is 0 Å². The van der Waals surface area contributed by atoms with Crippen LogP contribution in [0.25, 0.3) is 0 Å². The number of piperidine rings is 1. The highest BCUT2D eigenvalue weighted by Gasteiger charge is 2.28. The molecule has 1 aliphatic rings. The largest absolute Gasteiger partial charge is 0.437 e. The second-order valence-electron chi connectivity index (χ2n) is 8.68. The molecule has 1 saturated heterocycles. The van der Waals surface area contributed by atoms with Gasteiger partial charge in [0.05, 0.1) is 0 Å². The van der Waals surface area contributed by atoms with Gasteiger partial charge in [-0.2, -0.15) is 0 Å². The van der Waals surface area contributed by atoms with Crippen molar-refractivity contribution in [3.63, 3.8) is 0 Å². The number of aryl methyl sites for hydroxylation is 1. The van der Waals surface area contributed by atoms with E-state index in [1.54, 1.807) is 30.7 Å². The van der Waals surface area contributed by atoms with E-state index in [0.717, 1.165) is 29.9 Å². The Bertz CT molecular complexity index is 1330. The van der Waals surface area contributed by atoms with Crippen molar-refractivity contribution >= 4 is 5.91 Å². The zero-order valence-electron chi connectivity index (χ0n) is 19.5. The van der Waals surface area contributed by atoms with Crippen LogP contribution in [-0.2, 0) is 6.54 Å². The maximum Gasteiger partial charge on any atom is 0.253 e. The normalized spacial score (nSPS) is 14.2. The van der Waals surface area contributed by atoms with Crippen LogP contribution in [0.5, 0.6) is 11.6 Å². The molecule has 5 rings (SSSR count). The summed E-state index contributed by atoms with van der Waals surface area (Å²) in [7, 11) is 0. The van der Waals surface area contributed by atoms with Crippen molar-refractivity contribution < 1.29 is 13.9 Å². The van der Waals surface area contributed by atoms with Crippen molar-refractivity contribution in [3.8, 4) is 11.6 Å². The van der Waals surface area contributed by atoms with Gasteiger partial charge < -0.3 is 14.2 Å². The van der Waals surface area contributed by atoms with Crippen molar-refractivity contribution in [2.45, 2.75) is 32.2 Å². The summed E-state index contributed by atoms with van der Waals surface area (Å²) < 4.78 is 21.5. The maximum absolute atomic E-state index is 13.6. The summed E-state index contributed by atoms with van der Waals surface area (Å²) >= 11 is 0. The summed E-state index contributed by atoms with van der Waals surface area (Å²) in [5, 5.41) is 0. The number of aromatic nitrogens is 4. The third-order valence-corrected chi connectivity index (χ3v) is 6.32. The Morgan fingerprint density at radius 1 is 1.03 bits per heavy atom. The Balaban J connectivity index is 1.25. The average molecular weight is 472 g/mol.